The Balaban J connectivity index is 1.43. The van der Waals surface area contributed by atoms with E-state index < -0.39 is 35.0 Å². The fourth-order valence-electron chi connectivity index (χ4n) is 6.55. The van der Waals surface area contributed by atoms with Gasteiger partial charge < -0.3 is 34.6 Å². The second-order valence-corrected chi connectivity index (χ2v) is 16.5. The van der Waals surface area contributed by atoms with Gasteiger partial charge in [-0.2, -0.15) is 0 Å². The van der Waals surface area contributed by atoms with Crippen molar-refractivity contribution in [2.75, 3.05) is 26.7 Å². The summed E-state index contributed by atoms with van der Waals surface area (Å²) in [7, 11) is 1.26. The van der Waals surface area contributed by atoms with Gasteiger partial charge in [-0.3, -0.25) is 14.4 Å². The van der Waals surface area contributed by atoms with Gasteiger partial charge in [-0.1, -0.05) is 38.4 Å². The Hall–Kier alpha value is -3.87. The Kier molecular flexibility index (Phi) is 10.8. The number of carbonyl (C=O) groups is 4. The van der Waals surface area contributed by atoms with Gasteiger partial charge in [-0.25, -0.2) is 9.78 Å². The van der Waals surface area contributed by atoms with Gasteiger partial charge in [0.15, 0.2) is 0 Å². The Labute approximate surface area is 292 Å². The highest BCUT2D eigenvalue weighted by atomic mass is 32.2. The number of rotatable bonds is 12. The first-order chi connectivity index (χ1) is 23.3. The molecule has 1 aromatic carbocycles. The molecule has 5 rings (SSSR count). The van der Waals surface area contributed by atoms with Gasteiger partial charge in [0.05, 0.1) is 13.7 Å². The van der Waals surface area contributed by atoms with Crippen molar-refractivity contribution in [3.63, 3.8) is 0 Å². The number of benzene rings is 1. The smallest absolute Gasteiger partial charge is 0.318 e. The van der Waals surface area contributed by atoms with Gasteiger partial charge in [0, 0.05) is 36.3 Å². The van der Waals surface area contributed by atoms with Crippen LogP contribution < -0.4 is 24.8 Å². The summed E-state index contributed by atoms with van der Waals surface area (Å²) >= 11 is 0. The lowest BCUT2D eigenvalue weighted by Crippen LogP contribution is -2.60. The molecule has 3 N–H and O–H groups in total. The number of ether oxygens (including phenoxy) is 2. The second-order valence-electron chi connectivity index (χ2n) is 14.4. The lowest BCUT2D eigenvalue weighted by atomic mass is 9.85. The fourth-order valence-corrected chi connectivity index (χ4v) is 8.26. The summed E-state index contributed by atoms with van der Waals surface area (Å²) in [5.74, 6) is 0.0579. The summed E-state index contributed by atoms with van der Waals surface area (Å²) in [5.41, 5.74) is -1.71. The molecule has 2 aromatic rings. The summed E-state index contributed by atoms with van der Waals surface area (Å²) in [6, 6.07) is 5.26. The number of hydrogen-bond donors (Lipinski definition) is 3. The average Bonchev–Trinajstić information content (AvgIpc) is 3.98. The molecule has 3 fully saturated rings. The Bertz CT molecular complexity index is 1620. The van der Waals surface area contributed by atoms with E-state index in [4.69, 9.17) is 9.47 Å². The Morgan fingerprint density at radius 3 is 2.43 bits per heavy atom. The van der Waals surface area contributed by atoms with Crippen LogP contribution in [0.2, 0.25) is 0 Å². The van der Waals surface area contributed by atoms with Gasteiger partial charge in [-0.15, -0.1) is 0 Å². The van der Waals surface area contributed by atoms with E-state index in [0.717, 1.165) is 23.6 Å². The molecule has 1 aliphatic heterocycles. The fraction of sp³-hybridized carbons (Fsp3) is 0.611. The van der Waals surface area contributed by atoms with E-state index in [1.165, 1.54) is 4.90 Å². The molecular weight excluding hydrogens is 644 g/mol. The predicted octanol–water partition coefficient (Wildman–Crippen LogP) is 4.24. The van der Waals surface area contributed by atoms with Crippen molar-refractivity contribution in [3.8, 4) is 11.6 Å². The third-order valence-corrected chi connectivity index (χ3v) is 12.0. The number of nitrogens with zero attached hydrogens (tertiary/aromatic N) is 3. The maximum atomic E-state index is 14.5. The van der Waals surface area contributed by atoms with Crippen LogP contribution in [-0.4, -0.2) is 99.6 Å². The number of hydrogen-bond acceptors (Lipinski definition) is 7. The predicted molar refractivity (Wildman–Crippen MR) is 193 cm³/mol. The minimum atomic E-state index is -1.04. The SMILES string of the molecule is C/C=S(/NC(=O)[C@@]1(NC(=O)[C@@H]2C[C@@H](Oc3nccc4cc(OC)ccc34)CN2C(=O)[C@@H](NC(=O)N(CC)CC)C(C)(C)C)C[C@H]1C)C1CC1. The quantitative estimate of drug-likeness (QED) is 0.282. The lowest BCUT2D eigenvalue weighted by Gasteiger charge is -2.36. The first-order valence-electron chi connectivity index (χ1n) is 17.4. The van der Waals surface area contributed by atoms with E-state index in [1.807, 2.05) is 78.1 Å². The van der Waals surface area contributed by atoms with Crippen LogP contribution >= 0.6 is 10.7 Å². The van der Waals surface area contributed by atoms with Gasteiger partial charge in [0.25, 0.3) is 5.91 Å². The number of nitrogens with one attached hydrogen (secondary N) is 3. The summed E-state index contributed by atoms with van der Waals surface area (Å²) < 4.78 is 15.0. The van der Waals surface area contributed by atoms with Crippen LogP contribution in [0.5, 0.6) is 11.6 Å². The summed E-state index contributed by atoms with van der Waals surface area (Å²) in [5, 5.41) is 10.2. The maximum Gasteiger partial charge on any atom is 0.318 e. The van der Waals surface area contributed by atoms with Crippen molar-refractivity contribution in [1.82, 2.24) is 30.1 Å². The van der Waals surface area contributed by atoms with Crippen molar-refractivity contribution in [1.29, 1.82) is 0 Å². The largest absolute Gasteiger partial charge is 0.497 e. The van der Waals surface area contributed by atoms with Crippen molar-refractivity contribution < 1.29 is 28.7 Å². The molecular formula is C36H52N6O6S. The third-order valence-electron chi connectivity index (χ3n) is 9.90. The number of methoxy groups -OCH3 is 1. The van der Waals surface area contributed by atoms with Crippen LogP contribution in [0.15, 0.2) is 30.5 Å². The standard InChI is InChI=1S/C36H52N6O6S/c1-9-41(10-2)34(46)38-29(35(5,6)7)32(44)42-21-25(48-31-27-15-12-24(47-8)18-23(27)16-17-37-31)19-28(42)30(43)39-36(20-22(36)4)33(45)40-49(11-3)26-13-14-26/h11-12,15-18,22,25-26,28-29H,9-10,13-14,19-21H2,1-8H3,(H,38,46)(H,39,43)(H,40,45)/t22-,25-,28+,29-,36-,49?/m1/s1. The molecule has 0 radical (unpaired) electrons. The Morgan fingerprint density at radius 1 is 1.16 bits per heavy atom. The molecule has 1 aromatic heterocycles. The average molecular weight is 697 g/mol. The highest BCUT2D eigenvalue weighted by Crippen LogP contribution is 2.46. The normalized spacial score (nSPS) is 24.6. The van der Waals surface area contributed by atoms with E-state index in [-0.39, 0.29) is 47.4 Å². The molecule has 2 saturated carbocycles. The summed E-state index contributed by atoms with van der Waals surface area (Å²) in [4.78, 5) is 63.3. The molecule has 1 unspecified atom stereocenters. The summed E-state index contributed by atoms with van der Waals surface area (Å²) in [6.07, 6.45) is 3.95. The van der Waals surface area contributed by atoms with Crippen LogP contribution in [0.1, 0.15) is 74.1 Å². The van der Waals surface area contributed by atoms with E-state index >= 15 is 0 Å². The van der Waals surface area contributed by atoms with Crippen LogP contribution in [0.4, 0.5) is 4.79 Å². The van der Waals surface area contributed by atoms with Crippen molar-refractivity contribution in [2.45, 2.75) is 103 Å². The molecule has 2 aliphatic carbocycles. The second kappa shape index (κ2) is 14.5. The molecule has 268 valence electrons. The molecule has 13 heteroatoms. The zero-order valence-electron chi connectivity index (χ0n) is 30.0. The highest BCUT2D eigenvalue weighted by Gasteiger charge is 2.60. The molecule has 49 heavy (non-hydrogen) atoms. The molecule has 1 saturated heterocycles. The highest BCUT2D eigenvalue weighted by molar-refractivity contribution is 8.14. The number of aromatic nitrogens is 1. The van der Waals surface area contributed by atoms with Gasteiger partial charge in [0.1, 0.15) is 29.5 Å². The number of pyridine rings is 1. The minimum absolute atomic E-state index is 0.0527. The van der Waals surface area contributed by atoms with Gasteiger partial charge >= 0.3 is 6.03 Å². The van der Waals surface area contributed by atoms with E-state index in [0.29, 0.717) is 36.4 Å². The number of amides is 5. The molecule has 3 aliphatic rings. The van der Waals surface area contributed by atoms with Crippen LogP contribution in [-0.2, 0) is 14.4 Å². The van der Waals surface area contributed by atoms with E-state index in [9.17, 15) is 19.2 Å². The molecule has 5 amide bonds. The minimum Gasteiger partial charge on any atom is -0.497 e. The zero-order valence-corrected chi connectivity index (χ0v) is 30.8. The third kappa shape index (κ3) is 7.81. The van der Waals surface area contributed by atoms with Gasteiger partial charge in [0.2, 0.25) is 17.7 Å². The monoisotopic (exact) mass is 696 g/mol. The number of urea groups is 1. The van der Waals surface area contributed by atoms with Crippen molar-refractivity contribution in [3.05, 3.63) is 30.5 Å². The zero-order chi connectivity index (χ0) is 35.7. The topological polar surface area (TPSA) is 142 Å². The molecule has 6 atom stereocenters. The molecule has 2 heterocycles. The van der Waals surface area contributed by atoms with Crippen LogP contribution in [0, 0.1) is 11.3 Å². The van der Waals surface area contributed by atoms with E-state index in [1.54, 1.807) is 18.2 Å². The lowest BCUT2D eigenvalue weighted by molar-refractivity contribution is -0.142. The van der Waals surface area contributed by atoms with Crippen LogP contribution in [0.3, 0.4) is 0 Å². The molecule has 0 spiro atoms. The molecule has 12 nitrogen and oxygen atoms in total. The number of likely N-dealkylation sites (tertiary alicyclic amines) is 1. The van der Waals surface area contributed by atoms with Crippen LogP contribution in [0.25, 0.3) is 10.8 Å². The number of fused-ring (bicyclic) bond motifs is 1. The van der Waals surface area contributed by atoms with Gasteiger partial charge in [-0.05, 0) is 86.4 Å². The maximum absolute atomic E-state index is 14.5. The van der Waals surface area contributed by atoms with Crippen molar-refractivity contribution in [2.24, 2.45) is 11.3 Å². The first kappa shape index (κ1) is 36.4. The molecule has 0 bridgehead atoms. The Morgan fingerprint density at radius 2 is 1.86 bits per heavy atom. The van der Waals surface area contributed by atoms with E-state index in [2.05, 4.69) is 20.3 Å². The summed E-state index contributed by atoms with van der Waals surface area (Å²) in [6.45, 7) is 14.4. The number of carbonyl (C=O) groups excluding carboxylic acids is 4. The van der Waals surface area contributed by atoms with Crippen molar-refractivity contribution >= 4 is 50.6 Å². The first-order valence-corrected chi connectivity index (χ1v) is 18.7.